The van der Waals surface area contributed by atoms with Crippen LogP contribution in [0.2, 0.25) is 5.02 Å². The monoisotopic (exact) mass is 532 g/mol. The molecule has 6 nitrogen and oxygen atoms in total. The second-order valence-corrected chi connectivity index (χ2v) is 11.3. The zero-order valence-electron chi connectivity index (χ0n) is 21.1. The van der Waals surface area contributed by atoms with Gasteiger partial charge in [0.2, 0.25) is 0 Å². The van der Waals surface area contributed by atoms with E-state index >= 15 is 0 Å². The Morgan fingerprint density at radius 2 is 1.92 bits per heavy atom. The number of carbonyl (C=O) groups is 1. The third kappa shape index (κ3) is 4.31. The van der Waals surface area contributed by atoms with E-state index < -0.39 is 0 Å². The summed E-state index contributed by atoms with van der Waals surface area (Å²) < 4.78 is 7.69. The van der Waals surface area contributed by atoms with Crippen LogP contribution in [-0.2, 0) is 19.5 Å². The number of rotatable bonds is 3. The smallest absolute Gasteiger partial charge is 0.322 e. The predicted octanol–water partition coefficient (Wildman–Crippen LogP) is 6.63. The Morgan fingerprint density at radius 1 is 1.11 bits per heavy atom. The summed E-state index contributed by atoms with van der Waals surface area (Å²) in [5, 5.41) is 4.97. The molecule has 0 saturated carbocycles. The van der Waals surface area contributed by atoms with Crippen molar-refractivity contribution in [3.63, 3.8) is 0 Å². The maximum atomic E-state index is 14.0. The summed E-state index contributed by atoms with van der Waals surface area (Å²) in [6.45, 7) is 4.44. The number of carbonyl (C=O) groups excluding carboxylic acids is 1. The molecule has 0 aliphatic carbocycles. The van der Waals surface area contributed by atoms with E-state index in [4.69, 9.17) is 16.3 Å². The second-order valence-electron chi connectivity index (χ2n) is 9.78. The van der Waals surface area contributed by atoms with Crippen LogP contribution in [0.3, 0.4) is 0 Å². The normalized spacial score (nSPS) is 17.0. The number of hydrogen-bond donors (Lipinski definition) is 1. The van der Waals surface area contributed by atoms with Crippen molar-refractivity contribution in [2.45, 2.75) is 32.5 Å². The molecular weight excluding hydrogens is 504 g/mol. The van der Waals surface area contributed by atoms with Gasteiger partial charge in [0.25, 0.3) is 0 Å². The third-order valence-corrected chi connectivity index (χ3v) is 9.04. The van der Waals surface area contributed by atoms with Gasteiger partial charge < -0.3 is 24.4 Å². The molecule has 0 radical (unpaired) electrons. The fourth-order valence-electron chi connectivity index (χ4n) is 5.35. The number of likely N-dealkylation sites (N-methyl/N-ethyl adjacent to an activating group) is 1. The van der Waals surface area contributed by atoms with Crippen molar-refractivity contribution in [3.05, 3.63) is 98.6 Å². The fraction of sp³-hybridized carbons (Fsp3) is 0.276. The van der Waals surface area contributed by atoms with E-state index in [9.17, 15) is 4.79 Å². The van der Waals surface area contributed by atoms with Gasteiger partial charge in [-0.1, -0.05) is 29.8 Å². The van der Waals surface area contributed by atoms with Crippen molar-refractivity contribution >= 4 is 34.7 Å². The van der Waals surface area contributed by atoms with E-state index in [-0.39, 0.29) is 12.1 Å². The first-order valence-corrected chi connectivity index (χ1v) is 13.6. The Balaban J connectivity index is 1.48. The zero-order valence-corrected chi connectivity index (χ0v) is 22.7. The third-order valence-electron chi connectivity index (χ3n) is 7.37. The lowest BCUT2D eigenvalue weighted by Gasteiger charge is -2.32. The molecule has 0 bridgehead atoms. The molecule has 0 saturated heterocycles. The Hall–Kier alpha value is -3.26. The van der Waals surface area contributed by atoms with Gasteiger partial charge in [-0.15, -0.1) is 11.3 Å². The number of nitrogens with zero attached hydrogens (tertiary/aromatic N) is 3. The van der Waals surface area contributed by atoms with Crippen molar-refractivity contribution < 1.29 is 9.53 Å². The highest BCUT2D eigenvalue weighted by Crippen LogP contribution is 2.43. The molecule has 37 heavy (non-hydrogen) atoms. The van der Waals surface area contributed by atoms with Crippen LogP contribution in [-0.4, -0.2) is 41.1 Å². The standard InChI is InChI=1S/C29H29ClN4O2S/c1-18-6-9-20(15-24(18)30)31-29(35)34-16-23-22-12-14-32(2)17-26(22)37-28(23)33-13-4-5-25(33)27(34)19-7-10-21(36-3)11-8-19/h4-11,13,15,27H,12,14,16-17H2,1-3H3,(H,31,35)/t27-/m1/s1. The van der Waals surface area contributed by atoms with Crippen LogP contribution < -0.4 is 10.1 Å². The highest BCUT2D eigenvalue weighted by Gasteiger charge is 2.36. The first kappa shape index (κ1) is 24.1. The topological polar surface area (TPSA) is 49.7 Å². The highest BCUT2D eigenvalue weighted by molar-refractivity contribution is 7.15. The van der Waals surface area contributed by atoms with Gasteiger partial charge in [0, 0.05) is 40.4 Å². The van der Waals surface area contributed by atoms with Gasteiger partial charge in [0.15, 0.2) is 0 Å². The summed E-state index contributed by atoms with van der Waals surface area (Å²) in [5.41, 5.74) is 6.39. The lowest BCUT2D eigenvalue weighted by Crippen LogP contribution is -2.38. The van der Waals surface area contributed by atoms with Gasteiger partial charge in [-0.25, -0.2) is 4.79 Å². The van der Waals surface area contributed by atoms with Gasteiger partial charge in [-0.3, -0.25) is 0 Å². The molecule has 6 rings (SSSR count). The first-order chi connectivity index (χ1) is 17.9. The van der Waals surface area contributed by atoms with Crippen LogP contribution >= 0.6 is 22.9 Å². The number of fused-ring (bicyclic) bond motifs is 5. The summed E-state index contributed by atoms with van der Waals surface area (Å²) >= 11 is 8.23. The van der Waals surface area contributed by atoms with Crippen LogP contribution in [0.5, 0.6) is 5.75 Å². The molecule has 2 aromatic carbocycles. The van der Waals surface area contributed by atoms with Gasteiger partial charge >= 0.3 is 6.03 Å². The first-order valence-electron chi connectivity index (χ1n) is 12.4. The number of nitrogens with one attached hydrogen (secondary N) is 1. The number of anilines is 1. The molecule has 4 aromatic rings. The minimum atomic E-state index is -0.275. The summed E-state index contributed by atoms with van der Waals surface area (Å²) in [6, 6.07) is 17.4. The Labute approximate surface area is 226 Å². The van der Waals surface area contributed by atoms with Crippen molar-refractivity contribution in [1.82, 2.24) is 14.4 Å². The number of amides is 2. The van der Waals surface area contributed by atoms with Gasteiger partial charge in [0.1, 0.15) is 10.8 Å². The number of urea groups is 1. The van der Waals surface area contributed by atoms with E-state index in [1.54, 1.807) is 7.11 Å². The molecular formula is C29H29ClN4O2S. The van der Waals surface area contributed by atoms with Crippen molar-refractivity contribution in [2.75, 3.05) is 26.0 Å². The number of thiophene rings is 1. The quantitative estimate of drug-likeness (QED) is 0.322. The summed E-state index contributed by atoms with van der Waals surface area (Å²) in [5.74, 6) is 0.787. The molecule has 1 N–H and O–H groups in total. The van der Waals surface area contributed by atoms with Gasteiger partial charge in [-0.2, -0.15) is 0 Å². The summed E-state index contributed by atoms with van der Waals surface area (Å²) in [6.07, 6.45) is 3.11. The average molecular weight is 533 g/mol. The zero-order chi connectivity index (χ0) is 25.7. The minimum absolute atomic E-state index is 0.158. The number of methoxy groups -OCH3 is 1. The maximum absolute atomic E-state index is 14.0. The second kappa shape index (κ2) is 9.56. The molecule has 0 unspecified atom stereocenters. The minimum Gasteiger partial charge on any atom is -0.497 e. The van der Waals surface area contributed by atoms with E-state index in [0.29, 0.717) is 17.3 Å². The molecule has 2 aromatic heterocycles. The summed E-state index contributed by atoms with van der Waals surface area (Å²) in [7, 11) is 3.83. The number of benzene rings is 2. The average Bonchev–Trinajstić information content (AvgIpc) is 3.47. The lowest BCUT2D eigenvalue weighted by atomic mass is 10.00. The van der Waals surface area contributed by atoms with Crippen LogP contribution in [0, 0.1) is 6.92 Å². The molecule has 4 heterocycles. The van der Waals surface area contributed by atoms with Crippen LogP contribution in [0.25, 0.3) is 5.00 Å². The number of aromatic nitrogens is 1. The largest absolute Gasteiger partial charge is 0.497 e. The molecule has 2 aliphatic rings. The van der Waals surface area contributed by atoms with Crippen molar-refractivity contribution in [3.8, 4) is 10.8 Å². The van der Waals surface area contributed by atoms with Crippen LogP contribution in [0.4, 0.5) is 10.5 Å². The van der Waals surface area contributed by atoms with Crippen LogP contribution in [0.1, 0.15) is 38.9 Å². The van der Waals surface area contributed by atoms with E-state index in [2.05, 4.69) is 40.2 Å². The Morgan fingerprint density at radius 3 is 2.68 bits per heavy atom. The van der Waals surface area contributed by atoms with E-state index in [0.717, 1.165) is 42.1 Å². The maximum Gasteiger partial charge on any atom is 0.322 e. The van der Waals surface area contributed by atoms with Crippen molar-refractivity contribution in [2.24, 2.45) is 0 Å². The number of halogens is 1. The van der Waals surface area contributed by atoms with Gasteiger partial charge in [-0.05, 0) is 73.5 Å². The fourth-order valence-corrected chi connectivity index (χ4v) is 6.98. The van der Waals surface area contributed by atoms with Gasteiger partial charge in [0.05, 0.1) is 25.4 Å². The molecule has 190 valence electrons. The molecule has 1 atom stereocenters. The SMILES string of the molecule is COc1ccc([C@@H]2c3cccn3-c3sc4c(c3CN2C(=O)Nc2ccc(C)c(Cl)c2)CCN(C)C4)cc1. The Bertz CT molecular complexity index is 1480. The molecule has 0 spiro atoms. The molecule has 2 aliphatic heterocycles. The number of aryl methyl sites for hydroxylation is 1. The molecule has 8 heteroatoms. The van der Waals surface area contributed by atoms with Crippen molar-refractivity contribution in [1.29, 1.82) is 0 Å². The number of ether oxygens (including phenoxy) is 1. The number of hydrogen-bond acceptors (Lipinski definition) is 4. The predicted molar refractivity (Wildman–Crippen MR) is 149 cm³/mol. The molecule has 2 amide bonds. The lowest BCUT2D eigenvalue weighted by molar-refractivity contribution is 0.194. The van der Waals surface area contributed by atoms with Crippen LogP contribution in [0.15, 0.2) is 60.8 Å². The van der Waals surface area contributed by atoms with E-state index in [1.165, 1.54) is 21.0 Å². The molecule has 0 fully saturated rings. The summed E-state index contributed by atoms with van der Waals surface area (Å²) in [4.78, 5) is 19.8. The Kier molecular flexibility index (Phi) is 6.23. The van der Waals surface area contributed by atoms with E-state index in [1.807, 2.05) is 65.6 Å². The highest BCUT2D eigenvalue weighted by atomic mass is 35.5.